The van der Waals surface area contributed by atoms with Gasteiger partial charge in [-0.25, -0.2) is 4.98 Å². The lowest BCUT2D eigenvalue weighted by Gasteiger charge is -2.12. The fourth-order valence-corrected chi connectivity index (χ4v) is 1.97. The molecule has 1 N–H and O–H groups in total. The van der Waals surface area contributed by atoms with E-state index in [1.807, 2.05) is 24.3 Å². The minimum atomic E-state index is 0.438. The predicted octanol–water partition coefficient (Wildman–Crippen LogP) is 3.69. The lowest BCUT2D eigenvalue weighted by molar-refractivity contribution is 0.315. The first-order valence-electron chi connectivity index (χ1n) is 7.06. The third kappa shape index (κ3) is 3.81. The van der Waals surface area contributed by atoms with Crippen molar-refractivity contribution in [2.45, 2.75) is 32.9 Å². The zero-order valence-electron chi connectivity index (χ0n) is 12.2. The third-order valence-electron chi connectivity index (χ3n) is 3.01. The molecule has 106 valence electrons. The smallest absolute Gasteiger partial charge is 0.221 e. The summed E-state index contributed by atoms with van der Waals surface area (Å²) in [6.07, 6.45) is 2.68. The standard InChI is InChI=1S/C17H22N2O/c1-4-5-10-20-17-16-9-7-6-8-14(16)11-15(19-17)12-18-13(2)3/h4,6-9,11,13,18H,1,5,10,12H2,2-3H3. The van der Waals surface area contributed by atoms with Gasteiger partial charge in [-0.05, 0) is 23.9 Å². The van der Waals surface area contributed by atoms with Crippen LogP contribution in [0.5, 0.6) is 5.88 Å². The summed E-state index contributed by atoms with van der Waals surface area (Å²) >= 11 is 0. The number of fused-ring (bicyclic) bond motifs is 1. The summed E-state index contributed by atoms with van der Waals surface area (Å²) in [5.74, 6) is 0.713. The van der Waals surface area contributed by atoms with Gasteiger partial charge in [-0.1, -0.05) is 38.1 Å². The molecular weight excluding hydrogens is 248 g/mol. The maximum atomic E-state index is 5.80. The van der Waals surface area contributed by atoms with Crippen LogP contribution < -0.4 is 10.1 Å². The highest BCUT2D eigenvalue weighted by Crippen LogP contribution is 2.24. The van der Waals surface area contributed by atoms with Crippen molar-refractivity contribution in [2.24, 2.45) is 0 Å². The maximum Gasteiger partial charge on any atom is 0.221 e. The van der Waals surface area contributed by atoms with Crippen molar-refractivity contribution in [2.75, 3.05) is 6.61 Å². The molecule has 0 aliphatic carbocycles. The summed E-state index contributed by atoms with van der Waals surface area (Å²) in [4.78, 5) is 4.63. The monoisotopic (exact) mass is 270 g/mol. The molecule has 0 saturated carbocycles. The van der Waals surface area contributed by atoms with Gasteiger partial charge in [0.1, 0.15) is 0 Å². The lowest BCUT2D eigenvalue weighted by atomic mass is 10.1. The Morgan fingerprint density at radius 1 is 1.35 bits per heavy atom. The summed E-state index contributed by atoms with van der Waals surface area (Å²) < 4.78 is 5.80. The Bertz CT molecular complexity index is 578. The number of ether oxygens (including phenoxy) is 1. The number of hydrogen-bond donors (Lipinski definition) is 1. The van der Waals surface area contributed by atoms with Crippen molar-refractivity contribution in [3.05, 3.63) is 48.7 Å². The van der Waals surface area contributed by atoms with E-state index in [0.29, 0.717) is 18.5 Å². The van der Waals surface area contributed by atoms with Gasteiger partial charge in [0.25, 0.3) is 0 Å². The number of pyridine rings is 1. The summed E-state index contributed by atoms with van der Waals surface area (Å²) in [6, 6.07) is 10.7. The molecular formula is C17H22N2O. The van der Waals surface area contributed by atoms with Crippen LogP contribution in [0.1, 0.15) is 26.0 Å². The van der Waals surface area contributed by atoms with Crippen LogP contribution in [-0.2, 0) is 6.54 Å². The van der Waals surface area contributed by atoms with Gasteiger partial charge >= 0.3 is 0 Å². The van der Waals surface area contributed by atoms with Gasteiger partial charge < -0.3 is 10.1 Å². The molecule has 2 rings (SSSR count). The fourth-order valence-electron chi connectivity index (χ4n) is 1.97. The van der Waals surface area contributed by atoms with E-state index in [-0.39, 0.29) is 0 Å². The molecule has 0 spiro atoms. The zero-order chi connectivity index (χ0) is 14.4. The highest BCUT2D eigenvalue weighted by atomic mass is 16.5. The van der Waals surface area contributed by atoms with E-state index < -0.39 is 0 Å². The highest BCUT2D eigenvalue weighted by Gasteiger charge is 2.07. The molecule has 0 saturated heterocycles. The summed E-state index contributed by atoms with van der Waals surface area (Å²) in [5.41, 5.74) is 1.01. The van der Waals surface area contributed by atoms with Gasteiger partial charge in [0.05, 0.1) is 12.3 Å². The second-order valence-corrected chi connectivity index (χ2v) is 5.10. The van der Waals surface area contributed by atoms with Crippen LogP contribution in [-0.4, -0.2) is 17.6 Å². The first-order valence-corrected chi connectivity index (χ1v) is 7.06. The van der Waals surface area contributed by atoms with Crippen LogP contribution in [0.3, 0.4) is 0 Å². The lowest BCUT2D eigenvalue weighted by Crippen LogP contribution is -2.22. The van der Waals surface area contributed by atoms with Crippen LogP contribution in [0.15, 0.2) is 43.0 Å². The van der Waals surface area contributed by atoms with Gasteiger partial charge in [0.15, 0.2) is 0 Å². The van der Waals surface area contributed by atoms with Crippen molar-refractivity contribution in [1.82, 2.24) is 10.3 Å². The first kappa shape index (κ1) is 14.5. The van der Waals surface area contributed by atoms with E-state index >= 15 is 0 Å². The van der Waals surface area contributed by atoms with E-state index in [2.05, 4.69) is 42.9 Å². The van der Waals surface area contributed by atoms with E-state index in [4.69, 9.17) is 4.74 Å². The molecule has 0 aliphatic heterocycles. The molecule has 3 heteroatoms. The van der Waals surface area contributed by atoms with Crippen LogP contribution in [0.2, 0.25) is 0 Å². The molecule has 1 heterocycles. The number of nitrogens with one attached hydrogen (secondary N) is 1. The van der Waals surface area contributed by atoms with E-state index in [1.165, 1.54) is 0 Å². The Hall–Kier alpha value is -1.87. The molecule has 0 amide bonds. The molecule has 2 aromatic rings. The Kier molecular flexibility index (Phi) is 5.13. The molecule has 20 heavy (non-hydrogen) atoms. The quantitative estimate of drug-likeness (QED) is 0.615. The molecule has 0 fully saturated rings. The molecule has 0 radical (unpaired) electrons. The molecule has 0 aliphatic rings. The van der Waals surface area contributed by atoms with E-state index in [1.54, 1.807) is 0 Å². The molecule has 3 nitrogen and oxygen atoms in total. The van der Waals surface area contributed by atoms with Crippen LogP contribution in [0, 0.1) is 0 Å². The normalized spacial score (nSPS) is 10.9. The van der Waals surface area contributed by atoms with Crippen LogP contribution in [0.4, 0.5) is 0 Å². The number of hydrogen-bond acceptors (Lipinski definition) is 3. The van der Waals surface area contributed by atoms with Gasteiger partial charge in [-0.15, -0.1) is 6.58 Å². The largest absolute Gasteiger partial charge is 0.477 e. The molecule has 1 aromatic heterocycles. The minimum Gasteiger partial charge on any atom is -0.477 e. The third-order valence-corrected chi connectivity index (χ3v) is 3.01. The minimum absolute atomic E-state index is 0.438. The van der Waals surface area contributed by atoms with Crippen molar-refractivity contribution in [3.8, 4) is 5.88 Å². The summed E-state index contributed by atoms with van der Waals surface area (Å²) in [5, 5.41) is 5.61. The SMILES string of the molecule is C=CCCOc1nc(CNC(C)C)cc2ccccc12. The van der Waals surface area contributed by atoms with Crippen molar-refractivity contribution >= 4 is 10.8 Å². The summed E-state index contributed by atoms with van der Waals surface area (Å²) in [7, 11) is 0. The second-order valence-electron chi connectivity index (χ2n) is 5.10. The Labute approximate surface area is 120 Å². The average Bonchev–Trinajstić information content (AvgIpc) is 2.45. The van der Waals surface area contributed by atoms with E-state index in [9.17, 15) is 0 Å². The number of benzene rings is 1. The number of rotatable bonds is 7. The topological polar surface area (TPSA) is 34.1 Å². The first-order chi connectivity index (χ1) is 9.70. The van der Waals surface area contributed by atoms with Crippen LogP contribution in [0.25, 0.3) is 10.8 Å². The molecule has 0 bridgehead atoms. The fraction of sp³-hybridized carbons (Fsp3) is 0.353. The van der Waals surface area contributed by atoms with E-state index in [0.717, 1.165) is 29.4 Å². The zero-order valence-corrected chi connectivity index (χ0v) is 12.2. The predicted molar refractivity (Wildman–Crippen MR) is 84.0 cm³/mol. The van der Waals surface area contributed by atoms with Crippen molar-refractivity contribution in [3.63, 3.8) is 0 Å². The average molecular weight is 270 g/mol. The molecule has 1 aromatic carbocycles. The summed E-state index contributed by atoms with van der Waals surface area (Å²) in [6.45, 7) is 9.33. The molecule has 0 unspecified atom stereocenters. The Balaban J connectivity index is 2.28. The van der Waals surface area contributed by atoms with Gasteiger partial charge in [0.2, 0.25) is 5.88 Å². The van der Waals surface area contributed by atoms with Gasteiger partial charge in [-0.3, -0.25) is 0 Å². The number of nitrogens with zero attached hydrogens (tertiary/aromatic N) is 1. The Morgan fingerprint density at radius 3 is 2.90 bits per heavy atom. The second kappa shape index (κ2) is 7.06. The maximum absolute atomic E-state index is 5.80. The Morgan fingerprint density at radius 2 is 2.15 bits per heavy atom. The number of aromatic nitrogens is 1. The van der Waals surface area contributed by atoms with Crippen LogP contribution >= 0.6 is 0 Å². The van der Waals surface area contributed by atoms with Crippen molar-refractivity contribution in [1.29, 1.82) is 0 Å². The van der Waals surface area contributed by atoms with Gasteiger partial charge in [0, 0.05) is 18.0 Å². The highest BCUT2D eigenvalue weighted by molar-refractivity contribution is 5.87. The van der Waals surface area contributed by atoms with Gasteiger partial charge in [-0.2, -0.15) is 0 Å². The van der Waals surface area contributed by atoms with Crippen molar-refractivity contribution < 1.29 is 4.74 Å². The molecule has 0 atom stereocenters.